The number of halogens is 2. The summed E-state index contributed by atoms with van der Waals surface area (Å²) in [5.41, 5.74) is 8.32. The number of nitrogen functional groups attached to an aromatic ring is 1. The number of imidazole rings is 1. The molecular formula is C14H11F2N3S. The molecule has 0 aliphatic heterocycles. The highest BCUT2D eigenvalue weighted by molar-refractivity contribution is 7.99. The average Bonchev–Trinajstić information content (AvgIpc) is 2.76. The first-order valence-electron chi connectivity index (χ1n) is 5.91. The number of hydrogen-bond donors (Lipinski definition) is 2. The second-order valence-corrected chi connectivity index (χ2v) is 5.49. The van der Waals surface area contributed by atoms with E-state index in [0.717, 1.165) is 34.4 Å². The van der Waals surface area contributed by atoms with E-state index in [0.29, 0.717) is 10.1 Å². The Bertz CT molecular complexity index is 798. The van der Waals surface area contributed by atoms with Gasteiger partial charge in [0.15, 0.2) is 5.16 Å². The third-order valence-corrected chi connectivity index (χ3v) is 3.82. The van der Waals surface area contributed by atoms with Gasteiger partial charge in [0.1, 0.15) is 11.6 Å². The van der Waals surface area contributed by atoms with E-state index in [1.807, 2.05) is 25.1 Å². The maximum atomic E-state index is 13.4. The van der Waals surface area contributed by atoms with E-state index in [-0.39, 0.29) is 5.69 Å². The Balaban J connectivity index is 2.01. The predicted octanol–water partition coefficient (Wildman–Crippen LogP) is 3.88. The van der Waals surface area contributed by atoms with Crippen LogP contribution in [0.15, 0.2) is 40.4 Å². The molecule has 3 aromatic rings. The highest BCUT2D eigenvalue weighted by atomic mass is 32.2. The summed E-state index contributed by atoms with van der Waals surface area (Å²) >= 11 is 1.10. The summed E-state index contributed by atoms with van der Waals surface area (Å²) in [4.78, 5) is 7.76. The van der Waals surface area contributed by atoms with Crippen LogP contribution in [0.25, 0.3) is 11.0 Å². The van der Waals surface area contributed by atoms with Crippen molar-refractivity contribution >= 4 is 28.5 Å². The number of aryl methyl sites for hydroxylation is 1. The molecule has 1 heterocycles. The van der Waals surface area contributed by atoms with Crippen molar-refractivity contribution in [3.05, 3.63) is 47.5 Å². The maximum Gasteiger partial charge on any atom is 0.171 e. The molecule has 20 heavy (non-hydrogen) atoms. The first-order valence-corrected chi connectivity index (χ1v) is 6.73. The van der Waals surface area contributed by atoms with Crippen molar-refractivity contribution in [3.63, 3.8) is 0 Å². The molecule has 0 bridgehead atoms. The van der Waals surface area contributed by atoms with Crippen LogP contribution in [0.2, 0.25) is 0 Å². The number of aromatic nitrogens is 2. The SMILES string of the molecule is Cc1ccc2nc(Sc3cc(F)cc(F)c3N)[nH]c2c1. The first kappa shape index (κ1) is 12.9. The van der Waals surface area contributed by atoms with Gasteiger partial charge in [0, 0.05) is 11.0 Å². The molecule has 0 aliphatic carbocycles. The minimum atomic E-state index is -0.764. The molecule has 0 unspecified atom stereocenters. The summed E-state index contributed by atoms with van der Waals surface area (Å²) in [6.07, 6.45) is 0. The number of nitrogens with zero attached hydrogens (tertiary/aromatic N) is 1. The fourth-order valence-corrected chi connectivity index (χ4v) is 2.79. The number of anilines is 1. The fourth-order valence-electron chi connectivity index (χ4n) is 1.90. The van der Waals surface area contributed by atoms with Crippen LogP contribution in [0.1, 0.15) is 5.56 Å². The van der Waals surface area contributed by atoms with Gasteiger partial charge in [-0.1, -0.05) is 6.07 Å². The lowest BCUT2D eigenvalue weighted by atomic mass is 10.2. The molecule has 2 aromatic carbocycles. The zero-order chi connectivity index (χ0) is 14.3. The molecule has 0 saturated carbocycles. The molecule has 3 nitrogen and oxygen atoms in total. The lowest BCUT2D eigenvalue weighted by Crippen LogP contribution is -1.95. The number of benzene rings is 2. The Labute approximate surface area is 118 Å². The molecule has 1 aromatic heterocycles. The number of nitrogens with two attached hydrogens (primary N) is 1. The average molecular weight is 291 g/mol. The van der Waals surface area contributed by atoms with Crippen LogP contribution >= 0.6 is 11.8 Å². The van der Waals surface area contributed by atoms with E-state index in [1.54, 1.807) is 0 Å². The Kier molecular flexibility index (Phi) is 3.10. The van der Waals surface area contributed by atoms with Gasteiger partial charge in [0.25, 0.3) is 0 Å². The third kappa shape index (κ3) is 2.34. The van der Waals surface area contributed by atoms with Gasteiger partial charge in [-0.25, -0.2) is 13.8 Å². The quantitative estimate of drug-likeness (QED) is 0.704. The Morgan fingerprint density at radius 1 is 1.20 bits per heavy atom. The Morgan fingerprint density at radius 3 is 2.80 bits per heavy atom. The van der Waals surface area contributed by atoms with E-state index >= 15 is 0 Å². The molecule has 0 fully saturated rings. The second-order valence-electron chi connectivity index (χ2n) is 4.46. The van der Waals surface area contributed by atoms with Crippen molar-refractivity contribution in [2.75, 3.05) is 5.73 Å². The van der Waals surface area contributed by atoms with Crippen LogP contribution in [-0.2, 0) is 0 Å². The van der Waals surface area contributed by atoms with Crippen molar-refractivity contribution in [2.45, 2.75) is 17.0 Å². The van der Waals surface area contributed by atoms with Crippen LogP contribution in [0.5, 0.6) is 0 Å². The van der Waals surface area contributed by atoms with Gasteiger partial charge < -0.3 is 10.7 Å². The number of hydrogen-bond acceptors (Lipinski definition) is 3. The summed E-state index contributed by atoms with van der Waals surface area (Å²) in [5.74, 6) is -1.43. The van der Waals surface area contributed by atoms with E-state index in [4.69, 9.17) is 5.73 Å². The van der Waals surface area contributed by atoms with Gasteiger partial charge in [0.2, 0.25) is 0 Å². The topological polar surface area (TPSA) is 54.7 Å². The molecule has 0 aliphatic rings. The van der Waals surface area contributed by atoms with E-state index < -0.39 is 11.6 Å². The molecule has 0 atom stereocenters. The van der Waals surface area contributed by atoms with Crippen LogP contribution in [0.4, 0.5) is 14.5 Å². The van der Waals surface area contributed by atoms with Gasteiger partial charge >= 0.3 is 0 Å². The normalized spacial score (nSPS) is 11.2. The number of rotatable bonds is 2. The largest absolute Gasteiger partial charge is 0.395 e. The zero-order valence-electron chi connectivity index (χ0n) is 10.6. The summed E-state index contributed by atoms with van der Waals surface area (Å²) in [6.45, 7) is 1.98. The highest BCUT2D eigenvalue weighted by Crippen LogP contribution is 2.33. The molecule has 0 spiro atoms. The lowest BCUT2D eigenvalue weighted by Gasteiger charge is -2.04. The van der Waals surface area contributed by atoms with Gasteiger partial charge in [-0.05, 0) is 42.4 Å². The molecule has 3 rings (SSSR count). The van der Waals surface area contributed by atoms with E-state index in [9.17, 15) is 8.78 Å². The molecule has 102 valence electrons. The van der Waals surface area contributed by atoms with Crippen LogP contribution in [0, 0.1) is 18.6 Å². The van der Waals surface area contributed by atoms with Crippen LogP contribution < -0.4 is 5.73 Å². The number of fused-ring (bicyclic) bond motifs is 1. The van der Waals surface area contributed by atoms with Gasteiger partial charge in [-0.2, -0.15) is 0 Å². The minimum absolute atomic E-state index is 0.0759. The summed E-state index contributed by atoms with van der Waals surface area (Å²) in [5, 5.41) is 0.544. The number of nitrogens with one attached hydrogen (secondary N) is 1. The molecule has 0 amide bonds. The zero-order valence-corrected chi connectivity index (χ0v) is 11.4. The van der Waals surface area contributed by atoms with Gasteiger partial charge in [-0.3, -0.25) is 0 Å². The molecule has 3 N–H and O–H groups in total. The van der Waals surface area contributed by atoms with Gasteiger partial charge in [-0.15, -0.1) is 0 Å². The Morgan fingerprint density at radius 2 is 2.00 bits per heavy atom. The predicted molar refractivity (Wildman–Crippen MR) is 75.7 cm³/mol. The molecular weight excluding hydrogens is 280 g/mol. The minimum Gasteiger partial charge on any atom is -0.395 e. The van der Waals surface area contributed by atoms with Crippen molar-refractivity contribution in [3.8, 4) is 0 Å². The third-order valence-electron chi connectivity index (χ3n) is 2.88. The van der Waals surface area contributed by atoms with Crippen molar-refractivity contribution < 1.29 is 8.78 Å². The lowest BCUT2D eigenvalue weighted by molar-refractivity contribution is 0.581. The van der Waals surface area contributed by atoms with Crippen LogP contribution in [0.3, 0.4) is 0 Å². The maximum absolute atomic E-state index is 13.4. The summed E-state index contributed by atoms with van der Waals surface area (Å²) in [7, 11) is 0. The molecule has 0 saturated heterocycles. The second kappa shape index (κ2) is 4.79. The van der Waals surface area contributed by atoms with Crippen LogP contribution in [-0.4, -0.2) is 9.97 Å². The van der Waals surface area contributed by atoms with E-state index in [2.05, 4.69) is 9.97 Å². The smallest absolute Gasteiger partial charge is 0.171 e. The monoisotopic (exact) mass is 291 g/mol. The van der Waals surface area contributed by atoms with Gasteiger partial charge in [0.05, 0.1) is 16.7 Å². The van der Waals surface area contributed by atoms with E-state index in [1.165, 1.54) is 6.07 Å². The fraction of sp³-hybridized carbons (Fsp3) is 0.0714. The summed E-state index contributed by atoms with van der Waals surface area (Å²) < 4.78 is 26.6. The van der Waals surface area contributed by atoms with Crippen molar-refractivity contribution in [1.82, 2.24) is 9.97 Å². The molecule has 6 heteroatoms. The number of aromatic amines is 1. The first-order chi connectivity index (χ1) is 9.52. The molecule has 0 radical (unpaired) electrons. The van der Waals surface area contributed by atoms with Crippen molar-refractivity contribution in [1.29, 1.82) is 0 Å². The summed E-state index contributed by atoms with van der Waals surface area (Å²) in [6, 6.07) is 7.76. The highest BCUT2D eigenvalue weighted by Gasteiger charge is 2.12. The number of H-pyrrole nitrogens is 1. The standard InChI is InChI=1S/C14H11F2N3S/c1-7-2-3-10-11(4-7)19-14(18-10)20-12-6-8(15)5-9(16)13(12)17/h2-6H,17H2,1H3,(H,18,19). The Hall–Kier alpha value is -2.08. The van der Waals surface area contributed by atoms with Crippen molar-refractivity contribution in [2.24, 2.45) is 0 Å².